The largest absolute Gasteiger partial charge is 0.360 e. The summed E-state index contributed by atoms with van der Waals surface area (Å²) in [5.41, 5.74) is 0. The van der Waals surface area contributed by atoms with Crippen molar-refractivity contribution in [1.82, 2.24) is 15.1 Å². The summed E-state index contributed by atoms with van der Waals surface area (Å²) in [4.78, 5) is 14.3. The second kappa shape index (κ2) is 4.25. The van der Waals surface area contributed by atoms with Crippen LogP contribution < -0.4 is 5.32 Å². The van der Waals surface area contributed by atoms with Gasteiger partial charge in [0, 0.05) is 19.1 Å². The molecular weight excluding hydrogens is 236 g/mol. The quantitative estimate of drug-likeness (QED) is 0.887. The van der Waals surface area contributed by atoms with Crippen molar-refractivity contribution < 1.29 is 4.79 Å². The maximum absolute atomic E-state index is 12.3. The Kier molecular flexibility index (Phi) is 2.74. The zero-order valence-electron chi connectivity index (χ0n) is 9.85. The molecule has 2 bridgehead atoms. The smallest absolute Gasteiger partial charge is 0.285 e. The van der Waals surface area contributed by atoms with E-state index in [1.54, 1.807) is 0 Å². The number of carbonyl (C=O) groups excluding carboxylic acids is 1. The van der Waals surface area contributed by atoms with Gasteiger partial charge in [0.1, 0.15) is 0 Å². The van der Waals surface area contributed by atoms with Gasteiger partial charge >= 0.3 is 0 Å². The molecule has 92 valence electrons. The molecule has 1 aliphatic heterocycles. The van der Waals surface area contributed by atoms with Crippen molar-refractivity contribution >= 4 is 22.4 Å². The van der Waals surface area contributed by atoms with Crippen molar-refractivity contribution in [3.05, 3.63) is 5.01 Å². The number of hydrogen-bond donors (Lipinski definition) is 1. The zero-order chi connectivity index (χ0) is 11.8. The Balaban J connectivity index is 1.73. The first-order valence-corrected chi connectivity index (χ1v) is 6.98. The van der Waals surface area contributed by atoms with E-state index < -0.39 is 0 Å². The number of nitrogens with zero attached hydrogens (tertiary/aromatic N) is 3. The van der Waals surface area contributed by atoms with E-state index in [1.807, 2.05) is 11.8 Å². The molecule has 1 saturated carbocycles. The zero-order valence-corrected chi connectivity index (χ0v) is 10.7. The van der Waals surface area contributed by atoms with E-state index in [1.165, 1.54) is 24.2 Å². The van der Waals surface area contributed by atoms with Crippen LogP contribution in [0.5, 0.6) is 0 Å². The second-order valence-corrected chi connectivity index (χ2v) is 5.71. The SMILES string of the molecule is CCNc1nnc(C(=O)N2CC3CCC2C3)s1. The molecular formula is C11H16N4OS. The summed E-state index contributed by atoms with van der Waals surface area (Å²) in [6.45, 7) is 3.72. The summed E-state index contributed by atoms with van der Waals surface area (Å²) in [5, 5.41) is 12.3. The first-order chi connectivity index (χ1) is 8.28. The molecule has 1 aromatic heterocycles. The molecule has 0 spiro atoms. The van der Waals surface area contributed by atoms with Crippen LogP contribution in [0.15, 0.2) is 0 Å². The van der Waals surface area contributed by atoms with Crippen LogP contribution in [0.1, 0.15) is 36.0 Å². The minimum Gasteiger partial charge on any atom is -0.360 e. The standard InChI is InChI=1S/C11H16N4OS/c1-2-12-11-14-13-9(17-11)10(16)15-6-7-3-4-8(15)5-7/h7-8H,2-6H2,1H3,(H,12,14). The lowest BCUT2D eigenvalue weighted by Gasteiger charge is -2.25. The van der Waals surface area contributed by atoms with Gasteiger partial charge in [0.25, 0.3) is 5.91 Å². The molecule has 1 amide bonds. The Morgan fingerprint density at radius 3 is 3.06 bits per heavy atom. The van der Waals surface area contributed by atoms with E-state index in [0.29, 0.717) is 11.0 Å². The number of likely N-dealkylation sites (tertiary alicyclic amines) is 1. The number of fused-ring (bicyclic) bond motifs is 2. The molecule has 2 aliphatic rings. The highest BCUT2D eigenvalue weighted by molar-refractivity contribution is 7.17. The third-order valence-corrected chi connectivity index (χ3v) is 4.47. The molecule has 2 unspecified atom stereocenters. The molecule has 1 saturated heterocycles. The van der Waals surface area contributed by atoms with Gasteiger partial charge in [-0.05, 0) is 32.1 Å². The van der Waals surface area contributed by atoms with E-state index in [-0.39, 0.29) is 5.91 Å². The van der Waals surface area contributed by atoms with E-state index >= 15 is 0 Å². The third kappa shape index (κ3) is 1.90. The van der Waals surface area contributed by atoms with Crippen molar-refractivity contribution in [3.8, 4) is 0 Å². The van der Waals surface area contributed by atoms with Gasteiger partial charge in [-0.3, -0.25) is 4.79 Å². The Morgan fingerprint density at radius 1 is 1.53 bits per heavy atom. The molecule has 2 heterocycles. The number of piperidine rings is 1. The van der Waals surface area contributed by atoms with Gasteiger partial charge in [-0.1, -0.05) is 11.3 Å². The highest BCUT2D eigenvalue weighted by atomic mass is 32.1. The average molecular weight is 252 g/mol. The van der Waals surface area contributed by atoms with Crippen LogP contribution in [0.2, 0.25) is 0 Å². The molecule has 5 nitrogen and oxygen atoms in total. The van der Waals surface area contributed by atoms with Crippen molar-refractivity contribution in [2.45, 2.75) is 32.2 Å². The van der Waals surface area contributed by atoms with Gasteiger partial charge in [-0.2, -0.15) is 0 Å². The summed E-state index contributed by atoms with van der Waals surface area (Å²) < 4.78 is 0. The van der Waals surface area contributed by atoms with Crippen molar-refractivity contribution in [2.75, 3.05) is 18.4 Å². The van der Waals surface area contributed by atoms with Crippen LogP contribution in [0.3, 0.4) is 0 Å². The fourth-order valence-corrected chi connectivity index (χ4v) is 3.60. The molecule has 6 heteroatoms. The minimum absolute atomic E-state index is 0.0684. The van der Waals surface area contributed by atoms with Crippen LogP contribution in [0.4, 0.5) is 5.13 Å². The molecule has 2 fully saturated rings. The van der Waals surface area contributed by atoms with E-state index in [0.717, 1.165) is 30.6 Å². The Hall–Kier alpha value is -1.17. The molecule has 1 aliphatic carbocycles. The van der Waals surface area contributed by atoms with Crippen molar-refractivity contribution in [3.63, 3.8) is 0 Å². The number of rotatable bonds is 3. The van der Waals surface area contributed by atoms with Gasteiger partial charge in [-0.25, -0.2) is 0 Å². The topological polar surface area (TPSA) is 58.1 Å². The maximum atomic E-state index is 12.3. The van der Waals surface area contributed by atoms with Crippen LogP contribution in [-0.2, 0) is 0 Å². The van der Waals surface area contributed by atoms with Crippen LogP contribution in [0, 0.1) is 5.92 Å². The molecule has 17 heavy (non-hydrogen) atoms. The van der Waals surface area contributed by atoms with E-state index in [9.17, 15) is 4.79 Å². The van der Waals surface area contributed by atoms with Gasteiger partial charge < -0.3 is 10.2 Å². The summed E-state index contributed by atoms with van der Waals surface area (Å²) in [7, 11) is 0. The molecule has 0 aromatic carbocycles. The number of nitrogens with one attached hydrogen (secondary N) is 1. The molecule has 0 radical (unpaired) electrons. The summed E-state index contributed by atoms with van der Waals surface area (Å²) in [6.07, 6.45) is 3.63. The van der Waals surface area contributed by atoms with Crippen molar-refractivity contribution in [1.29, 1.82) is 0 Å². The fraction of sp³-hybridized carbons (Fsp3) is 0.727. The van der Waals surface area contributed by atoms with Gasteiger partial charge in [0.05, 0.1) is 0 Å². The monoisotopic (exact) mass is 252 g/mol. The lowest BCUT2D eigenvalue weighted by atomic mass is 10.1. The maximum Gasteiger partial charge on any atom is 0.285 e. The number of carbonyl (C=O) groups is 1. The minimum atomic E-state index is 0.0684. The molecule has 1 N–H and O–H groups in total. The van der Waals surface area contributed by atoms with E-state index in [4.69, 9.17) is 0 Å². The van der Waals surface area contributed by atoms with Crippen LogP contribution in [0.25, 0.3) is 0 Å². The predicted molar refractivity (Wildman–Crippen MR) is 66.2 cm³/mol. The number of hydrogen-bond acceptors (Lipinski definition) is 5. The Labute approximate surface area is 104 Å². The van der Waals surface area contributed by atoms with Gasteiger partial charge in [0.2, 0.25) is 10.1 Å². The van der Waals surface area contributed by atoms with Crippen molar-refractivity contribution in [2.24, 2.45) is 5.92 Å². The highest BCUT2D eigenvalue weighted by Gasteiger charge is 2.41. The Morgan fingerprint density at radius 2 is 2.41 bits per heavy atom. The predicted octanol–water partition coefficient (Wildman–Crippen LogP) is 1.59. The lowest BCUT2D eigenvalue weighted by molar-refractivity contribution is 0.0702. The number of amides is 1. The summed E-state index contributed by atoms with van der Waals surface area (Å²) in [6, 6.07) is 0.457. The first kappa shape index (κ1) is 11.0. The number of aromatic nitrogens is 2. The molecule has 2 atom stereocenters. The Bertz CT molecular complexity index is 433. The van der Waals surface area contributed by atoms with E-state index in [2.05, 4.69) is 15.5 Å². The second-order valence-electron chi connectivity index (χ2n) is 4.73. The van der Waals surface area contributed by atoms with Gasteiger partial charge in [0.15, 0.2) is 0 Å². The van der Waals surface area contributed by atoms with Crippen LogP contribution in [-0.4, -0.2) is 40.1 Å². The fourth-order valence-electron chi connectivity index (χ4n) is 2.83. The number of anilines is 1. The average Bonchev–Trinajstić information content (AvgIpc) is 3.03. The first-order valence-electron chi connectivity index (χ1n) is 6.16. The lowest BCUT2D eigenvalue weighted by Crippen LogP contribution is -2.37. The highest BCUT2D eigenvalue weighted by Crippen LogP contribution is 2.38. The summed E-state index contributed by atoms with van der Waals surface area (Å²) in [5.74, 6) is 0.795. The van der Waals surface area contributed by atoms with Crippen LogP contribution >= 0.6 is 11.3 Å². The normalized spacial score (nSPS) is 26.5. The molecule has 3 rings (SSSR count). The van der Waals surface area contributed by atoms with Gasteiger partial charge in [-0.15, -0.1) is 10.2 Å². The molecule has 1 aromatic rings. The third-order valence-electron chi connectivity index (χ3n) is 3.61. The summed E-state index contributed by atoms with van der Waals surface area (Å²) >= 11 is 1.36.